The van der Waals surface area contributed by atoms with Crippen LogP contribution in [0, 0.1) is 5.41 Å². The number of hydrogen-bond donors (Lipinski definition) is 2. The Hall–Kier alpha value is -1.35. The SMILES string of the molecule is CC(C)(C)C(O)CCNC(=O)c1ccccc1. The molecule has 1 unspecified atom stereocenters. The van der Waals surface area contributed by atoms with E-state index in [0.29, 0.717) is 18.5 Å². The smallest absolute Gasteiger partial charge is 0.251 e. The molecule has 3 nitrogen and oxygen atoms in total. The van der Waals surface area contributed by atoms with Gasteiger partial charge in [0.1, 0.15) is 0 Å². The third kappa shape index (κ3) is 4.57. The standard InChI is InChI=1S/C14H21NO2/c1-14(2,3)12(16)9-10-15-13(17)11-7-5-4-6-8-11/h4-8,12,16H,9-10H2,1-3H3,(H,15,17). The molecule has 0 fully saturated rings. The van der Waals surface area contributed by atoms with Crippen molar-refractivity contribution >= 4 is 5.91 Å². The minimum Gasteiger partial charge on any atom is -0.393 e. The zero-order valence-corrected chi connectivity index (χ0v) is 10.7. The number of nitrogens with one attached hydrogen (secondary N) is 1. The highest BCUT2D eigenvalue weighted by Crippen LogP contribution is 2.20. The molecule has 1 atom stereocenters. The third-order valence-corrected chi connectivity index (χ3v) is 2.74. The van der Waals surface area contributed by atoms with Gasteiger partial charge in [0.25, 0.3) is 5.91 Å². The van der Waals surface area contributed by atoms with Gasteiger partial charge in [-0.15, -0.1) is 0 Å². The van der Waals surface area contributed by atoms with Crippen molar-refractivity contribution in [2.24, 2.45) is 5.41 Å². The lowest BCUT2D eigenvalue weighted by Gasteiger charge is -2.25. The summed E-state index contributed by atoms with van der Waals surface area (Å²) in [5.74, 6) is -0.0910. The van der Waals surface area contributed by atoms with Crippen LogP contribution in [0.5, 0.6) is 0 Å². The second kappa shape index (κ2) is 5.82. The molecule has 94 valence electrons. The summed E-state index contributed by atoms with van der Waals surface area (Å²) in [5.41, 5.74) is 0.509. The summed E-state index contributed by atoms with van der Waals surface area (Å²) in [5, 5.41) is 12.6. The van der Waals surface area contributed by atoms with Crippen LogP contribution in [0.25, 0.3) is 0 Å². The van der Waals surface area contributed by atoms with Gasteiger partial charge in [-0.3, -0.25) is 4.79 Å². The maximum absolute atomic E-state index is 11.7. The van der Waals surface area contributed by atoms with Crippen LogP contribution in [0.2, 0.25) is 0 Å². The van der Waals surface area contributed by atoms with Crippen LogP contribution < -0.4 is 5.32 Å². The lowest BCUT2D eigenvalue weighted by molar-refractivity contribution is 0.0551. The fraction of sp³-hybridized carbons (Fsp3) is 0.500. The van der Waals surface area contributed by atoms with Crippen molar-refractivity contribution in [1.82, 2.24) is 5.32 Å². The molecule has 0 aromatic heterocycles. The van der Waals surface area contributed by atoms with E-state index in [-0.39, 0.29) is 11.3 Å². The van der Waals surface area contributed by atoms with E-state index in [1.807, 2.05) is 39.0 Å². The van der Waals surface area contributed by atoms with Crippen LogP contribution in [0.1, 0.15) is 37.6 Å². The minimum atomic E-state index is -0.404. The lowest BCUT2D eigenvalue weighted by Crippen LogP contribution is -2.32. The Labute approximate surface area is 103 Å². The van der Waals surface area contributed by atoms with Crippen LogP contribution >= 0.6 is 0 Å². The van der Waals surface area contributed by atoms with Crippen LogP contribution in [0.3, 0.4) is 0 Å². The van der Waals surface area contributed by atoms with E-state index < -0.39 is 6.10 Å². The Kier molecular flexibility index (Phi) is 4.70. The maximum Gasteiger partial charge on any atom is 0.251 e. The molecule has 0 radical (unpaired) electrons. The molecule has 0 bridgehead atoms. The fourth-order valence-electron chi connectivity index (χ4n) is 1.45. The molecule has 1 aromatic carbocycles. The van der Waals surface area contributed by atoms with Crippen molar-refractivity contribution < 1.29 is 9.90 Å². The van der Waals surface area contributed by atoms with Crippen LogP contribution in [0.4, 0.5) is 0 Å². The second-order valence-electron chi connectivity index (χ2n) is 5.29. The van der Waals surface area contributed by atoms with Crippen LogP contribution in [-0.2, 0) is 0 Å². The first kappa shape index (κ1) is 13.7. The summed E-state index contributed by atoms with van der Waals surface area (Å²) >= 11 is 0. The van der Waals surface area contributed by atoms with Gasteiger partial charge < -0.3 is 10.4 Å². The number of aliphatic hydroxyl groups excluding tert-OH is 1. The summed E-state index contributed by atoms with van der Waals surface area (Å²) in [6, 6.07) is 9.09. The van der Waals surface area contributed by atoms with Gasteiger partial charge in [-0.2, -0.15) is 0 Å². The van der Waals surface area contributed by atoms with Gasteiger partial charge in [0.15, 0.2) is 0 Å². The molecular formula is C14H21NO2. The Morgan fingerprint density at radius 1 is 1.29 bits per heavy atom. The number of hydrogen-bond acceptors (Lipinski definition) is 2. The van der Waals surface area contributed by atoms with Gasteiger partial charge in [-0.25, -0.2) is 0 Å². The molecule has 1 aromatic rings. The van der Waals surface area contributed by atoms with Crippen LogP contribution in [-0.4, -0.2) is 23.7 Å². The second-order valence-corrected chi connectivity index (χ2v) is 5.29. The zero-order valence-electron chi connectivity index (χ0n) is 10.7. The van der Waals surface area contributed by atoms with Gasteiger partial charge in [0.05, 0.1) is 6.10 Å². The molecule has 0 aliphatic heterocycles. The molecule has 1 amide bonds. The maximum atomic E-state index is 11.7. The molecule has 3 heteroatoms. The number of carbonyl (C=O) groups is 1. The molecule has 0 spiro atoms. The lowest BCUT2D eigenvalue weighted by atomic mass is 9.87. The number of carbonyl (C=O) groups excluding carboxylic acids is 1. The van der Waals surface area contributed by atoms with Gasteiger partial charge >= 0.3 is 0 Å². The number of benzene rings is 1. The van der Waals surface area contributed by atoms with E-state index >= 15 is 0 Å². The molecule has 0 aliphatic rings. The van der Waals surface area contributed by atoms with Gasteiger partial charge in [-0.05, 0) is 24.0 Å². The first-order chi connectivity index (χ1) is 7.91. The predicted molar refractivity (Wildman–Crippen MR) is 68.9 cm³/mol. The first-order valence-electron chi connectivity index (χ1n) is 5.92. The molecule has 0 saturated heterocycles. The molecule has 17 heavy (non-hydrogen) atoms. The molecule has 1 rings (SSSR count). The van der Waals surface area contributed by atoms with Gasteiger partial charge in [-0.1, -0.05) is 39.0 Å². The summed E-state index contributed by atoms with van der Waals surface area (Å²) in [6.07, 6.45) is 0.167. The average molecular weight is 235 g/mol. The van der Waals surface area contributed by atoms with Crippen molar-refractivity contribution in [2.75, 3.05) is 6.54 Å². The first-order valence-corrected chi connectivity index (χ1v) is 5.92. The van der Waals surface area contributed by atoms with E-state index in [9.17, 15) is 9.90 Å². The van der Waals surface area contributed by atoms with E-state index in [0.717, 1.165) is 0 Å². The van der Waals surface area contributed by atoms with Crippen molar-refractivity contribution in [3.63, 3.8) is 0 Å². The average Bonchev–Trinajstić information content (AvgIpc) is 2.28. The van der Waals surface area contributed by atoms with E-state index in [1.165, 1.54) is 0 Å². The summed E-state index contributed by atoms with van der Waals surface area (Å²) in [4.78, 5) is 11.7. The van der Waals surface area contributed by atoms with Gasteiger partial charge in [0.2, 0.25) is 0 Å². The Balaban J connectivity index is 2.35. The largest absolute Gasteiger partial charge is 0.393 e. The minimum absolute atomic E-state index is 0.0910. The Morgan fingerprint density at radius 3 is 2.41 bits per heavy atom. The van der Waals surface area contributed by atoms with Gasteiger partial charge in [0, 0.05) is 12.1 Å². The predicted octanol–water partition coefficient (Wildman–Crippen LogP) is 2.21. The van der Waals surface area contributed by atoms with Crippen molar-refractivity contribution in [1.29, 1.82) is 0 Å². The third-order valence-electron chi connectivity index (χ3n) is 2.74. The topological polar surface area (TPSA) is 49.3 Å². The normalized spacial score (nSPS) is 13.2. The summed E-state index contributed by atoms with van der Waals surface area (Å²) in [6.45, 7) is 6.44. The molecule has 0 aliphatic carbocycles. The molecule has 2 N–H and O–H groups in total. The highest BCUT2D eigenvalue weighted by atomic mass is 16.3. The summed E-state index contributed by atoms with van der Waals surface area (Å²) in [7, 11) is 0. The van der Waals surface area contributed by atoms with E-state index in [4.69, 9.17) is 0 Å². The van der Waals surface area contributed by atoms with Crippen molar-refractivity contribution in [3.8, 4) is 0 Å². The number of aliphatic hydroxyl groups is 1. The highest BCUT2D eigenvalue weighted by Gasteiger charge is 2.21. The molecule has 0 heterocycles. The Morgan fingerprint density at radius 2 is 1.88 bits per heavy atom. The Bertz CT molecular complexity index is 354. The molecule has 0 saturated carbocycles. The summed E-state index contributed by atoms with van der Waals surface area (Å²) < 4.78 is 0. The fourth-order valence-corrected chi connectivity index (χ4v) is 1.45. The monoisotopic (exact) mass is 235 g/mol. The number of rotatable bonds is 4. The molecular weight excluding hydrogens is 214 g/mol. The van der Waals surface area contributed by atoms with E-state index in [1.54, 1.807) is 12.1 Å². The van der Waals surface area contributed by atoms with E-state index in [2.05, 4.69) is 5.32 Å². The van der Waals surface area contributed by atoms with Crippen LogP contribution in [0.15, 0.2) is 30.3 Å². The number of amides is 1. The highest BCUT2D eigenvalue weighted by molar-refractivity contribution is 5.94. The zero-order chi connectivity index (χ0) is 12.9. The quantitative estimate of drug-likeness (QED) is 0.840. The van der Waals surface area contributed by atoms with Crippen molar-refractivity contribution in [2.45, 2.75) is 33.3 Å². The van der Waals surface area contributed by atoms with Crippen molar-refractivity contribution in [3.05, 3.63) is 35.9 Å².